The second kappa shape index (κ2) is 4.40. The minimum atomic E-state index is -5.05. The zero-order valence-electron chi connectivity index (χ0n) is 7.78. The Labute approximate surface area is 92.0 Å². The predicted molar refractivity (Wildman–Crippen MR) is 45.6 cm³/mol. The van der Waals surface area contributed by atoms with Gasteiger partial charge in [-0.25, -0.2) is 13.8 Å². The van der Waals surface area contributed by atoms with Crippen LogP contribution in [0.15, 0.2) is 6.07 Å². The van der Waals surface area contributed by atoms with Crippen LogP contribution in [-0.2, 0) is 0 Å². The van der Waals surface area contributed by atoms with Gasteiger partial charge in [0.1, 0.15) is 10.9 Å². The van der Waals surface area contributed by atoms with Crippen molar-refractivity contribution in [2.75, 3.05) is 0 Å². The van der Waals surface area contributed by atoms with Gasteiger partial charge in [0.05, 0.1) is 5.56 Å². The fourth-order valence-corrected chi connectivity index (χ4v) is 1.33. The molecule has 8 heteroatoms. The molecule has 0 saturated heterocycles. The number of hydrogen-bond donors (Lipinski definition) is 0. The highest BCUT2D eigenvalue weighted by molar-refractivity contribution is 6.30. The molecule has 16 heavy (non-hydrogen) atoms. The minimum Gasteiger partial charge on any atom is -0.405 e. The molecule has 0 atom stereocenters. The Morgan fingerprint density at radius 2 is 1.94 bits per heavy atom. The van der Waals surface area contributed by atoms with Crippen LogP contribution in [0.5, 0.6) is 5.75 Å². The van der Waals surface area contributed by atoms with Crippen molar-refractivity contribution in [2.45, 2.75) is 19.7 Å². The summed E-state index contributed by atoms with van der Waals surface area (Å²) < 4.78 is 64.1. The van der Waals surface area contributed by atoms with Gasteiger partial charge >= 0.3 is 6.36 Å². The van der Waals surface area contributed by atoms with Crippen LogP contribution in [0.25, 0.3) is 0 Å². The van der Waals surface area contributed by atoms with Gasteiger partial charge in [0, 0.05) is 11.8 Å². The van der Waals surface area contributed by atoms with Crippen molar-refractivity contribution in [2.24, 2.45) is 0 Å². The molecule has 0 fully saturated rings. The molecule has 1 heterocycles. The summed E-state index contributed by atoms with van der Waals surface area (Å²) in [5.74, 6) is -1.03. The molecule has 0 unspecified atom stereocenters. The van der Waals surface area contributed by atoms with Crippen LogP contribution in [0.2, 0.25) is 5.15 Å². The van der Waals surface area contributed by atoms with Crippen LogP contribution >= 0.6 is 11.6 Å². The lowest BCUT2D eigenvalue weighted by Crippen LogP contribution is -2.18. The van der Waals surface area contributed by atoms with Crippen molar-refractivity contribution < 1.29 is 26.7 Å². The Kier molecular flexibility index (Phi) is 3.57. The Morgan fingerprint density at radius 1 is 1.38 bits per heavy atom. The van der Waals surface area contributed by atoms with E-state index in [1.807, 2.05) is 0 Å². The van der Waals surface area contributed by atoms with Gasteiger partial charge in [0.2, 0.25) is 0 Å². The lowest BCUT2D eigenvalue weighted by atomic mass is 10.2. The number of hydrogen-bond acceptors (Lipinski definition) is 2. The van der Waals surface area contributed by atoms with E-state index in [0.29, 0.717) is 0 Å². The van der Waals surface area contributed by atoms with Crippen molar-refractivity contribution >= 4 is 11.6 Å². The number of rotatable bonds is 2. The van der Waals surface area contributed by atoms with E-state index >= 15 is 0 Å². The number of aryl methyl sites for hydroxylation is 1. The van der Waals surface area contributed by atoms with E-state index in [0.717, 1.165) is 6.07 Å². The van der Waals surface area contributed by atoms with Gasteiger partial charge in [0.15, 0.2) is 0 Å². The summed E-state index contributed by atoms with van der Waals surface area (Å²) >= 11 is 5.32. The smallest absolute Gasteiger partial charge is 0.405 e. The van der Waals surface area contributed by atoms with Gasteiger partial charge in [0.25, 0.3) is 6.43 Å². The molecule has 0 saturated carbocycles. The van der Waals surface area contributed by atoms with E-state index in [-0.39, 0.29) is 5.69 Å². The largest absolute Gasteiger partial charge is 0.573 e. The summed E-state index contributed by atoms with van der Waals surface area (Å²) in [5.41, 5.74) is -1.02. The molecule has 0 aliphatic carbocycles. The normalized spacial score (nSPS) is 12.0. The van der Waals surface area contributed by atoms with E-state index in [1.165, 1.54) is 6.92 Å². The molecule has 0 radical (unpaired) electrons. The van der Waals surface area contributed by atoms with E-state index in [9.17, 15) is 22.0 Å². The van der Waals surface area contributed by atoms with Crippen LogP contribution in [0.3, 0.4) is 0 Å². The average Bonchev–Trinajstić information content (AvgIpc) is 1.96. The molecule has 0 spiro atoms. The standard InChI is InChI=1S/C8H5ClF5NO/c1-3-2-4(16-8(12,13)14)5(7(10)11)6(9)15-3/h2,7H,1H3. The summed E-state index contributed by atoms with van der Waals surface area (Å²) in [4.78, 5) is 3.42. The Bertz CT molecular complexity index is 393. The maximum atomic E-state index is 12.4. The maximum Gasteiger partial charge on any atom is 0.573 e. The first kappa shape index (κ1) is 13.0. The van der Waals surface area contributed by atoms with Crippen LogP contribution < -0.4 is 4.74 Å². The number of ether oxygens (including phenoxy) is 1. The molecule has 0 aromatic carbocycles. The van der Waals surface area contributed by atoms with Crippen molar-refractivity contribution in [1.29, 1.82) is 0 Å². The molecule has 0 aliphatic rings. The summed E-state index contributed by atoms with van der Waals surface area (Å²) in [6, 6.07) is 0.751. The molecule has 90 valence electrons. The summed E-state index contributed by atoms with van der Waals surface area (Å²) in [5, 5.41) is -0.700. The molecule has 0 N–H and O–H groups in total. The Morgan fingerprint density at radius 3 is 2.38 bits per heavy atom. The third-order valence-corrected chi connectivity index (χ3v) is 1.83. The highest BCUT2D eigenvalue weighted by Gasteiger charge is 2.34. The van der Waals surface area contributed by atoms with Gasteiger partial charge in [-0.3, -0.25) is 0 Å². The van der Waals surface area contributed by atoms with E-state index in [4.69, 9.17) is 11.6 Å². The second-order valence-corrected chi connectivity index (χ2v) is 3.17. The number of aromatic nitrogens is 1. The molecule has 1 aromatic heterocycles. The first-order valence-corrected chi connectivity index (χ1v) is 4.29. The molecule has 1 rings (SSSR count). The van der Waals surface area contributed by atoms with Crippen molar-refractivity contribution in [3.8, 4) is 5.75 Å². The van der Waals surface area contributed by atoms with E-state index in [2.05, 4.69) is 9.72 Å². The van der Waals surface area contributed by atoms with E-state index in [1.54, 1.807) is 0 Å². The van der Waals surface area contributed by atoms with Crippen LogP contribution in [0.1, 0.15) is 17.7 Å². The molecule has 1 aromatic rings. The Hall–Kier alpha value is -1.11. The maximum absolute atomic E-state index is 12.4. The van der Waals surface area contributed by atoms with Crippen LogP contribution in [0.4, 0.5) is 22.0 Å². The first-order valence-electron chi connectivity index (χ1n) is 3.91. The quantitative estimate of drug-likeness (QED) is 0.595. The van der Waals surface area contributed by atoms with Gasteiger partial charge in [-0.2, -0.15) is 0 Å². The third-order valence-electron chi connectivity index (χ3n) is 1.55. The van der Waals surface area contributed by atoms with Gasteiger partial charge in [-0.1, -0.05) is 11.6 Å². The van der Waals surface area contributed by atoms with Crippen molar-refractivity contribution in [3.63, 3.8) is 0 Å². The number of pyridine rings is 1. The SMILES string of the molecule is Cc1cc(OC(F)(F)F)c(C(F)F)c(Cl)n1. The summed E-state index contributed by atoms with van der Waals surface area (Å²) in [7, 11) is 0. The molecular formula is C8H5ClF5NO. The average molecular weight is 262 g/mol. The molecule has 0 bridgehead atoms. The summed E-state index contributed by atoms with van der Waals surface area (Å²) in [6.07, 6.45) is -8.25. The van der Waals surface area contributed by atoms with Crippen LogP contribution in [0, 0.1) is 6.92 Å². The second-order valence-electron chi connectivity index (χ2n) is 2.81. The monoisotopic (exact) mass is 261 g/mol. The Balaban J connectivity index is 3.24. The van der Waals surface area contributed by atoms with Gasteiger partial charge in [-0.05, 0) is 6.92 Å². The van der Waals surface area contributed by atoms with Gasteiger partial charge in [-0.15, -0.1) is 13.2 Å². The zero-order chi connectivity index (χ0) is 12.5. The fourth-order valence-electron chi connectivity index (χ4n) is 1.02. The predicted octanol–water partition coefficient (Wildman–Crippen LogP) is 3.88. The zero-order valence-corrected chi connectivity index (χ0v) is 8.53. The minimum absolute atomic E-state index is 0.0497. The van der Waals surface area contributed by atoms with Crippen LogP contribution in [-0.4, -0.2) is 11.3 Å². The molecular weight excluding hydrogens is 257 g/mol. The van der Waals surface area contributed by atoms with E-state index < -0.39 is 29.3 Å². The third kappa shape index (κ3) is 3.19. The van der Waals surface area contributed by atoms with Gasteiger partial charge < -0.3 is 4.74 Å². The summed E-state index contributed by atoms with van der Waals surface area (Å²) in [6.45, 7) is 1.31. The van der Waals surface area contributed by atoms with Crippen molar-refractivity contribution in [3.05, 3.63) is 22.5 Å². The first-order chi connectivity index (χ1) is 7.20. The lowest BCUT2D eigenvalue weighted by molar-refractivity contribution is -0.275. The van der Waals surface area contributed by atoms with Crippen molar-refractivity contribution in [1.82, 2.24) is 4.98 Å². The fraction of sp³-hybridized carbons (Fsp3) is 0.375. The molecule has 0 aliphatic heterocycles. The number of nitrogens with zero attached hydrogens (tertiary/aromatic N) is 1. The molecule has 2 nitrogen and oxygen atoms in total. The number of alkyl halides is 5. The topological polar surface area (TPSA) is 22.1 Å². The molecule has 0 amide bonds. The highest BCUT2D eigenvalue weighted by atomic mass is 35.5. The number of halogens is 6. The lowest BCUT2D eigenvalue weighted by Gasteiger charge is -2.14. The highest BCUT2D eigenvalue weighted by Crippen LogP contribution is 2.37.